The number of aryl methyl sites for hydroxylation is 1. The highest BCUT2D eigenvalue weighted by Crippen LogP contribution is 2.25. The summed E-state index contributed by atoms with van der Waals surface area (Å²) in [6.45, 7) is 6.22. The molecule has 8 nitrogen and oxygen atoms in total. The SMILES string of the molecule is Cc1cc([N+](=O)[O-])cc(S(=O)(=O)NCC(=O)NC(C)C)c1C. The lowest BCUT2D eigenvalue weighted by Gasteiger charge is -2.12. The summed E-state index contributed by atoms with van der Waals surface area (Å²) in [5.74, 6) is -0.474. The molecule has 0 aliphatic rings. The van der Waals surface area contributed by atoms with E-state index in [0.717, 1.165) is 6.07 Å². The van der Waals surface area contributed by atoms with Crippen LogP contribution in [-0.2, 0) is 14.8 Å². The zero-order chi connectivity index (χ0) is 17.1. The van der Waals surface area contributed by atoms with Gasteiger partial charge in [-0.2, -0.15) is 0 Å². The number of nitro groups is 1. The van der Waals surface area contributed by atoms with Gasteiger partial charge in [-0.1, -0.05) is 0 Å². The third-order valence-corrected chi connectivity index (χ3v) is 4.50. The van der Waals surface area contributed by atoms with Gasteiger partial charge in [-0.15, -0.1) is 0 Å². The van der Waals surface area contributed by atoms with E-state index in [-0.39, 0.29) is 16.6 Å². The molecule has 9 heteroatoms. The van der Waals surface area contributed by atoms with Gasteiger partial charge in [0.15, 0.2) is 0 Å². The maximum absolute atomic E-state index is 12.3. The van der Waals surface area contributed by atoms with Crippen LogP contribution >= 0.6 is 0 Å². The van der Waals surface area contributed by atoms with E-state index in [1.54, 1.807) is 27.7 Å². The van der Waals surface area contributed by atoms with Gasteiger partial charge in [0, 0.05) is 18.2 Å². The lowest BCUT2D eigenvalue weighted by atomic mass is 10.1. The molecule has 1 aromatic carbocycles. The molecule has 122 valence electrons. The Labute approximate surface area is 129 Å². The Hall–Kier alpha value is -2.00. The first-order valence-electron chi connectivity index (χ1n) is 6.59. The number of amides is 1. The van der Waals surface area contributed by atoms with Crippen molar-refractivity contribution in [2.24, 2.45) is 0 Å². The minimum Gasteiger partial charge on any atom is -0.353 e. The van der Waals surface area contributed by atoms with Crippen molar-refractivity contribution in [3.05, 3.63) is 33.4 Å². The first kappa shape index (κ1) is 18.1. The van der Waals surface area contributed by atoms with E-state index in [0.29, 0.717) is 11.1 Å². The number of carbonyl (C=O) groups excluding carboxylic acids is 1. The second-order valence-electron chi connectivity index (χ2n) is 5.19. The van der Waals surface area contributed by atoms with Crippen molar-refractivity contribution in [1.29, 1.82) is 0 Å². The van der Waals surface area contributed by atoms with Gasteiger partial charge in [0.25, 0.3) is 5.69 Å². The third-order valence-electron chi connectivity index (χ3n) is 2.98. The van der Waals surface area contributed by atoms with Crippen LogP contribution in [0.15, 0.2) is 17.0 Å². The summed E-state index contributed by atoms with van der Waals surface area (Å²) in [4.78, 5) is 21.5. The lowest BCUT2D eigenvalue weighted by Crippen LogP contribution is -2.39. The number of hydrogen-bond acceptors (Lipinski definition) is 5. The minimum atomic E-state index is -4.02. The van der Waals surface area contributed by atoms with Crippen molar-refractivity contribution >= 4 is 21.6 Å². The minimum absolute atomic E-state index is 0.112. The molecule has 2 N–H and O–H groups in total. The van der Waals surface area contributed by atoms with Gasteiger partial charge in [0.2, 0.25) is 15.9 Å². The van der Waals surface area contributed by atoms with Crippen molar-refractivity contribution in [2.75, 3.05) is 6.54 Å². The summed E-state index contributed by atoms with van der Waals surface area (Å²) >= 11 is 0. The molecule has 1 rings (SSSR count). The molecule has 0 bridgehead atoms. The second kappa shape index (κ2) is 6.84. The number of nitrogens with zero attached hydrogens (tertiary/aromatic N) is 1. The van der Waals surface area contributed by atoms with Crippen LogP contribution in [0.25, 0.3) is 0 Å². The zero-order valence-corrected chi connectivity index (χ0v) is 13.7. The number of nitro benzene ring substituents is 1. The van der Waals surface area contributed by atoms with Gasteiger partial charge in [0.05, 0.1) is 16.4 Å². The molecular weight excluding hydrogens is 310 g/mol. The summed E-state index contributed by atoms with van der Waals surface area (Å²) < 4.78 is 26.7. The first-order valence-corrected chi connectivity index (χ1v) is 8.07. The Balaban J connectivity index is 3.07. The van der Waals surface area contributed by atoms with Crippen LogP contribution < -0.4 is 10.0 Å². The molecule has 0 radical (unpaired) electrons. The second-order valence-corrected chi connectivity index (χ2v) is 6.93. The van der Waals surface area contributed by atoms with E-state index < -0.39 is 27.4 Å². The van der Waals surface area contributed by atoms with E-state index in [1.165, 1.54) is 6.07 Å². The summed E-state index contributed by atoms with van der Waals surface area (Å²) in [5.41, 5.74) is 0.582. The number of hydrogen-bond donors (Lipinski definition) is 2. The first-order chi connectivity index (χ1) is 10.0. The molecule has 0 aromatic heterocycles. The quantitative estimate of drug-likeness (QED) is 0.596. The summed E-state index contributed by atoms with van der Waals surface area (Å²) in [6.07, 6.45) is 0. The fourth-order valence-electron chi connectivity index (χ4n) is 1.80. The van der Waals surface area contributed by atoms with Crippen LogP contribution in [0.1, 0.15) is 25.0 Å². The average molecular weight is 329 g/mol. The molecule has 0 heterocycles. The van der Waals surface area contributed by atoms with Crippen LogP contribution in [0.3, 0.4) is 0 Å². The maximum Gasteiger partial charge on any atom is 0.271 e. The van der Waals surface area contributed by atoms with Crippen LogP contribution in [0.5, 0.6) is 0 Å². The van der Waals surface area contributed by atoms with Crippen LogP contribution in [-0.4, -0.2) is 31.8 Å². The molecule has 1 amide bonds. The summed E-state index contributed by atoms with van der Waals surface area (Å²) in [5, 5.41) is 13.4. The molecule has 0 aliphatic carbocycles. The molecular formula is C13H19N3O5S. The van der Waals surface area contributed by atoms with E-state index in [9.17, 15) is 23.3 Å². The van der Waals surface area contributed by atoms with Crippen LogP contribution in [0.2, 0.25) is 0 Å². The van der Waals surface area contributed by atoms with Gasteiger partial charge in [-0.05, 0) is 38.8 Å². The summed E-state index contributed by atoms with van der Waals surface area (Å²) in [6, 6.07) is 2.18. The number of non-ortho nitro benzene ring substituents is 1. The van der Waals surface area contributed by atoms with Crippen molar-refractivity contribution in [1.82, 2.24) is 10.0 Å². The lowest BCUT2D eigenvalue weighted by molar-refractivity contribution is -0.385. The van der Waals surface area contributed by atoms with E-state index in [4.69, 9.17) is 0 Å². The van der Waals surface area contributed by atoms with E-state index in [2.05, 4.69) is 10.0 Å². The monoisotopic (exact) mass is 329 g/mol. The van der Waals surface area contributed by atoms with Crippen molar-refractivity contribution in [3.63, 3.8) is 0 Å². The highest BCUT2D eigenvalue weighted by Gasteiger charge is 2.23. The van der Waals surface area contributed by atoms with Gasteiger partial charge in [-0.3, -0.25) is 14.9 Å². The molecule has 0 saturated heterocycles. The highest BCUT2D eigenvalue weighted by atomic mass is 32.2. The average Bonchev–Trinajstić information content (AvgIpc) is 2.38. The Morgan fingerprint density at radius 2 is 1.91 bits per heavy atom. The highest BCUT2D eigenvalue weighted by molar-refractivity contribution is 7.89. The molecule has 1 aromatic rings. The van der Waals surface area contributed by atoms with Gasteiger partial charge >= 0.3 is 0 Å². The zero-order valence-electron chi connectivity index (χ0n) is 12.8. The molecule has 22 heavy (non-hydrogen) atoms. The molecule has 0 atom stereocenters. The normalized spacial score (nSPS) is 11.5. The predicted molar refractivity (Wildman–Crippen MR) is 81.0 cm³/mol. The Morgan fingerprint density at radius 3 is 2.41 bits per heavy atom. The van der Waals surface area contributed by atoms with Crippen molar-refractivity contribution < 1.29 is 18.1 Å². The van der Waals surface area contributed by atoms with E-state index >= 15 is 0 Å². The largest absolute Gasteiger partial charge is 0.353 e. The van der Waals surface area contributed by atoms with Crippen molar-refractivity contribution in [3.8, 4) is 0 Å². The van der Waals surface area contributed by atoms with Gasteiger partial charge in [-0.25, -0.2) is 13.1 Å². The molecule has 0 fully saturated rings. The molecule has 0 unspecified atom stereocenters. The number of carbonyl (C=O) groups is 1. The molecule has 0 saturated carbocycles. The number of benzene rings is 1. The van der Waals surface area contributed by atoms with Gasteiger partial charge in [0.1, 0.15) is 0 Å². The van der Waals surface area contributed by atoms with Crippen LogP contribution in [0, 0.1) is 24.0 Å². The number of rotatable bonds is 6. The predicted octanol–water partition coefficient (Wildman–Crippen LogP) is 1.01. The van der Waals surface area contributed by atoms with Gasteiger partial charge < -0.3 is 5.32 Å². The maximum atomic E-state index is 12.3. The fraction of sp³-hybridized carbons (Fsp3) is 0.462. The smallest absolute Gasteiger partial charge is 0.271 e. The Kier molecular flexibility index (Phi) is 5.61. The summed E-state index contributed by atoms with van der Waals surface area (Å²) in [7, 11) is -4.02. The fourth-order valence-corrected chi connectivity index (χ4v) is 3.12. The third kappa shape index (κ3) is 4.50. The van der Waals surface area contributed by atoms with Crippen molar-refractivity contribution in [2.45, 2.75) is 38.6 Å². The standard InChI is InChI=1S/C13H19N3O5S/c1-8(2)15-13(17)7-14-22(20,21)12-6-11(16(18)19)5-9(3)10(12)4/h5-6,8,14H,7H2,1-4H3,(H,15,17). The number of sulfonamides is 1. The Morgan fingerprint density at radius 1 is 1.32 bits per heavy atom. The van der Waals surface area contributed by atoms with Crippen LogP contribution in [0.4, 0.5) is 5.69 Å². The topological polar surface area (TPSA) is 118 Å². The van der Waals surface area contributed by atoms with E-state index in [1.807, 2.05) is 0 Å². The number of nitrogens with one attached hydrogen (secondary N) is 2. The molecule has 0 aliphatic heterocycles. The Bertz CT molecular complexity index is 698. The molecule has 0 spiro atoms.